The number of hydrogen-bond acceptors (Lipinski definition) is 0. The van der Waals surface area contributed by atoms with Crippen molar-refractivity contribution in [2.24, 2.45) is 0 Å². The maximum Gasteiger partial charge on any atom is 0.0625 e. The van der Waals surface area contributed by atoms with E-state index >= 15 is 0 Å². The van der Waals surface area contributed by atoms with E-state index in [1.165, 1.54) is 43.6 Å². The van der Waals surface area contributed by atoms with Gasteiger partial charge < -0.3 is 9.13 Å². The van der Waals surface area contributed by atoms with E-state index in [2.05, 4.69) is 140 Å². The summed E-state index contributed by atoms with van der Waals surface area (Å²) in [4.78, 5) is 0. The zero-order chi connectivity index (χ0) is 21.9. The third-order valence-electron chi connectivity index (χ3n) is 6.59. The van der Waals surface area contributed by atoms with E-state index in [1.54, 1.807) is 0 Å². The van der Waals surface area contributed by atoms with Gasteiger partial charge in [-0.15, -0.1) is 0 Å². The van der Waals surface area contributed by atoms with Gasteiger partial charge in [0.05, 0.1) is 27.8 Å². The molecule has 3 heteroatoms. The van der Waals surface area contributed by atoms with Crippen LogP contribution in [0.2, 0.25) is 0 Å². The Morgan fingerprint density at radius 1 is 0.424 bits per heavy atom. The monoisotopic (exact) mass is 486 g/mol. The van der Waals surface area contributed by atoms with Gasteiger partial charge in [0.2, 0.25) is 0 Å². The molecule has 0 radical (unpaired) electrons. The van der Waals surface area contributed by atoms with Crippen LogP contribution < -0.4 is 0 Å². The molecule has 0 unspecified atom stereocenters. The van der Waals surface area contributed by atoms with E-state index in [1.807, 2.05) is 0 Å². The lowest BCUT2D eigenvalue weighted by molar-refractivity contribution is 1.13. The van der Waals surface area contributed by atoms with Crippen molar-refractivity contribution in [3.63, 3.8) is 0 Å². The Morgan fingerprint density at radius 3 is 1.27 bits per heavy atom. The molecule has 7 rings (SSSR count). The van der Waals surface area contributed by atoms with E-state index in [0.717, 1.165) is 15.8 Å². The number of fused-ring (bicyclic) bond motifs is 6. The minimum absolute atomic E-state index is 1.07. The fourth-order valence-corrected chi connectivity index (χ4v) is 5.62. The molecule has 2 heterocycles. The Hall–Kier alpha value is -3.82. The zero-order valence-corrected chi connectivity index (χ0v) is 19.3. The van der Waals surface area contributed by atoms with Crippen LogP contribution in [0.25, 0.3) is 55.0 Å². The molecule has 0 saturated carbocycles. The SMILES string of the molecule is Brc1ccc(-n2c3ccccc3c3ccccc32)cc1-n1c2ccccc2c2ccccc21. The van der Waals surface area contributed by atoms with Gasteiger partial charge in [0, 0.05) is 31.7 Å². The molecule has 2 nitrogen and oxygen atoms in total. The Balaban J connectivity index is 1.58. The summed E-state index contributed by atoms with van der Waals surface area (Å²) < 4.78 is 5.80. The minimum Gasteiger partial charge on any atom is -0.309 e. The van der Waals surface area contributed by atoms with E-state index in [4.69, 9.17) is 0 Å². The van der Waals surface area contributed by atoms with Crippen molar-refractivity contribution in [2.75, 3.05) is 0 Å². The molecule has 5 aromatic carbocycles. The van der Waals surface area contributed by atoms with Gasteiger partial charge >= 0.3 is 0 Å². The van der Waals surface area contributed by atoms with Gasteiger partial charge in [-0.1, -0.05) is 72.8 Å². The number of hydrogen-bond donors (Lipinski definition) is 0. The summed E-state index contributed by atoms with van der Waals surface area (Å²) in [5.41, 5.74) is 7.13. The molecule has 0 N–H and O–H groups in total. The largest absolute Gasteiger partial charge is 0.309 e. The number of nitrogens with zero attached hydrogens (tertiary/aromatic N) is 2. The molecule has 0 saturated heterocycles. The molecule has 0 aliphatic carbocycles. The van der Waals surface area contributed by atoms with Crippen molar-refractivity contribution >= 4 is 59.5 Å². The first-order valence-corrected chi connectivity index (χ1v) is 11.9. The summed E-state index contributed by atoms with van der Waals surface area (Å²) in [6.45, 7) is 0. The first-order chi connectivity index (χ1) is 16.3. The molecular formula is C30H19BrN2. The highest BCUT2D eigenvalue weighted by molar-refractivity contribution is 9.10. The molecule has 0 aliphatic rings. The second-order valence-corrected chi connectivity index (χ2v) is 9.23. The summed E-state index contributed by atoms with van der Waals surface area (Å²) in [7, 11) is 0. The second-order valence-electron chi connectivity index (χ2n) is 8.38. The maximum atomic E-state index is 3.86. The molecule has 0 aliphatic heterocycles. The van der Waals surface area contributed by atoms with E-state index in [0.29, 0.717) is 0 Å². The van der Waals surface area contributed by atoms with Crippen molar-refractivity contribution in [3.8, 4) is 11.4 Å². The predicted molar refractivity (Wildman–Crippen MR) is 143 cm³/mol. The molecule has 156 valence electrons. The fraction of sp³-hybridized carbons (Fsp3) is 0. The van der Waals surface area contributed by atoms with Crippen LogP contribution in [0.3, 0.4) is 0 Å². The van der Waals surface area contributed by atoms with Crippen LogP contribution in [-0.2, 0) is 0 Å². The number of halogens is 1. The molecule has 0 atom stereocenters. The number of aromatic nitrogens is 2. The van der Waals surface area contributed by atoms with Gasteiger partial charge in [-0.3, -0.25) is 0 Å². The van der Waals surface area contributed by atoms with Gasteiger partial charge in [0.25, 0.3) is 0 Å². The Kier molecular flexibility index (Phi) is 4.02. The van der Waals surface area contributed by atoms with Crippen LogP contribution in [0, 0.1) is 0 Å². The summed E-state index contributed by atoms with van der Waals surface area (Å²) in [6, 6.07) is 41.2. The standard InChI is InChI=1S/C30H19BrN2/c31-25-18-17-20(32-26-13-5-1-9-21(26)22-10-2-6-14-27(22)32)19-30(25)33-28-15-7-3-11-23(28)24-12-4-8-16-29(24)33/h1-19H. The summed E-state index contributed by atoms with van der Waals surface area (Å²) in [6.07, 6.45) is 0. The summed E-state index contributed by atoms with van der Waals surface area (Å²) in [5, 5.41) is 5.08. The Labute approximate surface area is 199 Å². The van der Waals surface area contributed by atoms with E-state index < -0.39 is 0 Å². The summed E-state index contributed by atoms with van der Waals surface area (Å²) >= 11 is 3.86. The normalized spacial score (nSPS) is 11.8. The second kappa shape index (κ2) is 7.09. The van der Waals surface area contributed by atoms with Crippen LogP contribution in [-0.4, -0.2) is 9.13 Å². The van der Waals surface area contributed by atoms with Gasteiger partial charge in [0.1, 0.15) is 0 Å². The number of benzene rings is 5. The Bertz CT molecular complexity index is 1730. The first kappa shape index (κ1) is 18.7. The smallest absolute Gasteiger partial charge is 0.0625 e. The van der Waals surface area contributed by atoms with Gasteiger partial charge in [-0.25, -0.2) is 0 Å². The minimum atomic E-state index is 1.07. The highest BCUT2D eigenvalue weighted by atomic mass is 79.9. The summed E-state index contributed by atoms with van der Waals surface area (Å²) in [5.74, 6) is 0. The predicted octanol–water partition coefficient (Wildman–Crippen LogP) is 8.64. The van der Waals surface area contributed by atoms with Crippen molar-refractivity contribution in [3.05, 3.63) is 120 Å². The molecular weight excluding hydrogens is 468 g/mol. The van der Waals surface area contributed by atoms with Crippen molar-refractivity contribution in [1.29, 1.82) is 0 Å². The Morgan fingerprint density at radius 2 is 0.818 bits per heavy atom. The average Bonchev–Trinajstić information content (AvgIpc) is 3.38. The molecule has 0 fully saturated rings. The van der Waals surface area contributed by atoms with Crippen LogP contribution in [0.15, 0.2) is 120 Å². The highest BCUT2D eigenvalue weighted by Crippen LogP contribution is 2.37. The number of rotatable bonds is 2. The lowest BCUT2D eigenvalue weighted by atomic mass is 10.2. The molecule has 0 amide bonds. The lowest BCUT2D eigenvalue weighted by Gasteiger charge is -2.14. The van der Waals surface area contributed by atoms with Crippen molar-refractivity contribution < 1.29 is 0 Å². The zero-order valence-electron chi connectivity index (χ0n) is 17.7. The number of para-hydroxylation sites is 4. The molecule has 7 aromatic rings. The van der Waals surface area contributed by atoms with Crippen LogP contribution in [0.5, 0.6) is 0 Å². The van der Waals surface area contributed by atoms with Crippen LogP contribution in [0.4, 0.5) is 0 Å². The molecule has 0 spiro atoms. The van der Waals surface area contributed by atoms with Gasteiger partial charge in [-0.05, 0) is 58.4 Å². The van der Waals surface area contributed by atoms with Crippen molar-refractivity contribution in [2.45, 2.75) is 0 Å². The van der Waals surface area contributed by atoms with Crippen molar-refractivity contribution in [1.82, 2.24) is 9.13 Å². The average molecular weight is 487 g/mol. The van der Waals surface area contributed by atoms with Crippen LogP contribution >= 0.6 is 15.9 Å². The fourth-order valence-electron chi connectivity index (χ4n) is 5.19. The molecule has 0 bridgehead atoms. The van der Waals surface area contributed by atoms with E-state index in [9.17, 15) is 0 Å². The molecule has 2 aromatic heterocycles. The quantitative estimate of drug-likeness (QED) is 0.231. The topological polar surface area (TPSA) is 9.86 Å². The third-order valence-corrected chi connectivity index (χ3v) is 7.26. The van der Waals surface area contributed by atoms with Crippen LogP contribution in [0.1, 0.15) is 0 Å². The third kappa shape index (κ3) is 2.66. The van der Waals surface area contributed by atoms with Gasteiger partial charge in [-0.2, -0.15) is 0 Å². The highest BCUT2D eigenvalue weighted by Gasteiger charge is 2.16. The molecule has 33 heavy (non-hydrogen) atoms. The van der Waals surface area contributed by atoms with E-state index in [-0.39, 0.29) is 0 Å². The lowest BCUT2D eigenvalue weighted by Crippen LogP contribution is -1.99. The first-order valence-electron chi connectivity index (χ1n) is 11.1. The maximum absolute atomic E-state index is 3.86. The van der Waals surface area contributed by atoms with Gasteiger partial charge in [0.15, 0.2) is 0 Å².